The van der Waals surface area contributed by atoms with Gasteiger partial charge in [0.25, 0.3) is 0 Å². The van der Waals surface area contributed by atoms with Gasteiger partial charge in [0.1, 0.15) is 4.32 Å². The zero-order valence-electron chi connectivity index (χ0n) is 9.43. The van der Waals surface area contributed by atoms with Crippen LogP contribution >= 0.6 is 24.0 Å². The van der Waals surface area contributed by atoms with Crippen LogP contribution in [0.2, 0.25) is 0 Å². The molecule has 0 amide bonds. The summed E-state index contributed by atoms with van der Waals surface area (Å²) in [6, 6.07) is 9.58. The third kappa shape index (κ3) is 3.51. The van der Waals surface area contributed by atoms with Crippen LogP contribution in [-0.4, -0.2) is 22.3 Å². The van der Waals surface area contributed by atoms with E-state index < -0.39 is 0 Å². The molecule has 0 bridgehead atoms. The number of hydrogen-bond donors (Lipinski definition) is 0. The van der Waals surface area contributed by atoms with Gasteiger partial charge in [0.05, 0.1) is 11.6 Å². The first-order chi connectivity index (χ1) is 7.71. The lowest BCUT2D eigenvalue weighted by molar-refractivity contribution is 0.482. The van der Waals surface area contributed by atoms with E-state index in [1.165, 1.54) is 0 Å². The molecule has 0 unspecified atom stereocenters. The van der Waals surface area contributed by atoms with Crippen molar-refractivity contribution < 1.29 is 0 Å². The predicted molar refractivity (Wildman–Crippen MR) is 72.5 cm³/mol. The lowest BCUT2D eigenvalue weighted by Crippen LogP contribution is -2.26. The normalized spacial score (nSPS) is 9.56. The smallest absolute Gasteiger partial charge is 0.141 e. The zero-order chi connectivity index (χ0) is 12.0. The van der Waals surface area contributed by atoms with Gasteiger partial charge in [-0.05, 0) is 38.1 Å². The molecule has 0 N–H and O–H groups in total. The molecule has 1 aromatic rings. The van der Waals surface area contributed by atoms with Crippen molar-refractivity contribution in [1.29, 1.82) is 5.26 Å². The first kappa shape index (κ1) is 13.0. The van der Waals surface area contributed by atoms with E-state index >= 15 is 0 Å². The average molecular weight is 250 g/mol. The molecule has 0 aliphatic rings. The summed E-state index contributed by atoms with van der Waals surface area (Å²) in [7, 11) is 0. The molecular formula is C12H14N2S2. The van der Waals surface area contributed by atoms with E-state index in [9.17, 15) is 0 Å². The molecule has 84 valence electrons. The van der Waals surface area contributed by atoms with E-state index in [4.69, 9.17) is 17.5 Å². The topological polar surface area (TPSA) is 27.0 Å². The molecule has 1 rings (SSSR count). The average Bonchev–Trinajstić information content (AvgIpc) is 2.31. The number of benzene rings is 1. The van der Waals surface area contributed by atoms with Gasteiger partial charge in [0.2, 0.25) is 0 Å². The summed E-state index contributed by atoms with van der Waals surface area (Å²) < 4.78 is 0.884. The number of thioether (sulfide) groups is 1. The fourth-order valence-electron chi connectivity index (χ4n) is 1.24. The fourth-order valence-corrected chi connectivity index (χ4v) is 2.65. The minimum Gasteiger partial charge on any atom is -0.358 e. The van der Waals surface area contributed by atoms with Crippen molar-refractivity contribution in [3.8, 4) is 6.07 Å². The third-order valence-electron chi connectivity index (χ3n) is 2.21. The van der Waals surface area contributed by atoms with Crippen LogP contribution in [0.25, 0.3) is 0 Å². The first-order valence-corrected chi connectivity index (χ1v) is 6.40. The molecule has 16 heavy (non-hydrogen) atoms. The molecule has 0 aliphatic heterocycles. The lowest BCUT2D eigenvalue weighted by Gasteiger charge is -2.20. The molecular weight excluding hydrogens is 236 g/mol. The second-order valence-electron chi connectivity index (χ2n) is 3.18. The van der Waals surface area contributed by atoms with Crippen molar-refractivity contribution in [3.05, 3.63) is 29.8 Å². The molecule has 0 aliphatic carbocycles. The molecule has 4 heteroatoms. The highest BCUT2D eigenvalue weighted by Crippen LogP contribution is 2.21. The highest BCUT2D eigenvalue weighted by molar-refractivity contribution is 8.22. The Kier molecular flexibility index (Phi) is 5.30. The fraction of sp³-hybridized carbons (Fsp3) is 0.333. The van der Waals surface area contributed by atoms with Gasteiger partial charge in [-0.15, -0.1) is 0 Å². The minimum atomic E-state index is 0.679. The Morgan fingerprint density at radius 1 is 1.31 bits per heavy atom. The molecule has 0 fully saturated rings. The summed E-state index contributed by atoms with van der Waals surface area (Å²) in [5.74, 6) is 0. The minimum absolute atomic E-state index is 0.679. The molecule has 2 nitrogen and oxygen atoms in total. The van der Waals surface area contributed by atoms with Crippen molar-refractivity contribution in [1.82, 2.24) is 4.90 Å². The van der Waals surface area contributed by atoms with E-state index in [2.05, 4.69) is 24.8 Å². The highest BCUT2D eigenvalue weighted by Gasteiger charge is 2.06. The molecule has 0 saturated heterocycles. The van der Waals surface area contributed by atoms with Crippen molar-refractivity contribution in [2.45, 2.75) is 18.7 Å². The Labute approximate surface area is 106 Å². The summed E-state index contributed by atoms with van der Waals surface area (Å²) >= 11 is 6.91. The van der Waals surface area contributed by atoms with E-state index in [0.717, 1.165) is 22.3 Å². The Balaban J connectivity index is 2.66. The monoisotopic (exact) mass is 250 g/mol. The SMILES string of the molecule is CCN(CC)C(=S)Sc1ccc(C#N)cc1. The summed E-state index contributed by atoms with van der Waals surface area (Å²) in [5.41, 5.74) is 0.679. The standard InChI is InChI=1S/C12H14N2S2/c1-3-14(4-2)12(15)16-11-7-5-10(9-13)6-8-11/h5-8H,3-4H2,1-2H3. The summed E-state index contributed by atoms with van der Waals surface area (Å²) in [4.78, 5) is 3.22. The zero-order valence-corrected chi connectivity index (χ0v) is 11.1. The molecule has 0 radical (unpaired) electrons. The lowest BCUT2D eigenvalue weighted by atomic mass is 10.2. The first-order valence-electron chi connectivity index (χ1n) is 5.18. The summed E-state index contributed by atoms with van der Waals surface area (Å²) in [6.07, 6.45) is 0. The van der Waals surface area contributed by atoms with Crippen LogP contribution in [0.15, 0.2) is 29.2 Å². The van der Waals surface area contributed by atoms with Gasteiger partial charge < -0.3 is 4.90 Å². The maximum atomic E-state index is 8.68. The second kappa shape index (κ2) is 6.51. The van der Waals surface area contributed by atoms with Crippen LogP contribution < -0.4 is 0 Å². The maximum Gasteiger partial charge on any atom is 0.141 e. The maximum absolute atomic E-state index is 8.68. The largest absolute Gasteiger partial charge is 0.358 e. The van der Waals surface area contributed by atoms with Crippen molar-refractivity contribution in [2.24, 2.45) is 0 Å². The molecule has 0 spiro atoms. The molecule has 0 aromatic heterocycles. The van der Waals surface area contributed by atoms with Crippen molar-refractivity contribution in [3.63, 3.8) is 0 Å². The number of rotatable bonds is 3. The molecule has 0 saturated carbocycles. The van der Waals surface area contributed by atoms with Crippen LogP contribution in [0.1, 0.15) is 19.4 Å². The molecule has 1 aromatic carbocycles. The van der Waals surface area contributed by atoms with Crippen LogP contribution in [0, 0.1) is 11.3 Å². The van der Waals surface area contributed by atoms with E-state index in [1.807, 2.05) is 24.3 Å². The van der Waals surface area contributed by atoms with Gasteiger partial charge in [-0.1, -0.05) is 24.0 Å². The Bertz CT molecular complexity index is 388. The molecule has 0 heterocycles. The Morgan fingerprint density at radius 2 is 1.88 bits per heavy atom. The van der Waals surface area contributed by atoms with Crippen molar-refractivity contribution >= 4 is 28.3 Å². The van der Waals surface area contributed by atoms with Gasteiger partial charge in [-0.2, -0.15) is 5.26 Å². The van der Waals surface area contributed by atoms with E-state index in [1.54, 1.807) is 11.8 Å². The molecule has 0 atom stereocenters. The number of hydrogen-bond acceptors (Lipinski definition) is 3. The van der Waals surface area contributed by atoms with Gasteiger partial charge in [0.15, 0.2) is 0 Å². The van der Waals surface area contributed by atoms with Crippen LogP contribution in [0.3, 0.4) is 0 Å². The predicted octanol–water partition coefficient (Wildman–Crippen LogP) is 3.28. The van der Waals surface area contributed by atoms with E-state index in [-0.39, 0.29) is 0 Å². The van der Waals surface area contributed by atoms with Gasteiger partial charge in [-0.3, -0.25) is 0 Å². The quantitative estimate of drug-likeness (QED) is 0.607. The van der Waals surface area contributed by atoms with Crippen LogP contribution in [0.5, 0.6) is 0 Å². The van der Waals surface area contributed by atoms with E-state index in [0.29, 0.717) is 5.56 Å². The number of nitriles is 1. The number of thiocarbonyl (C=S) groups is 1. The second-order valence-corrected chi connectivity index (χ2v) is 4.88. The van der Waals surface area contributed by atoms with Crippen LogP contribution in [0.4, 0.5) is 0 Å². The highest BCUT2D eigenvalue weighted by atomic mass is 32.2. The number of nitrogens with zero attached hydrogens (tertiary/aromatic N) is 2. The summed E-state index contributed by atoms with van der Waals surface area (Å²) in [6.45, 7) is 6.04. The Morgan fingerprint density at radius 3 is 2.31 bits per heavy atom. The van der Waals surface area contributed by atoms with Gasteiger partial charge in [0, 0.05) is 18.0 Å². The van der Waals surface area contributed by atoms with Crippen molar-refractivity contribution in [2.75, 3.05) is 13.1 Å². The van der Waals surface area contributed by atoms with Gasteiger partial charge in [-0.25, -0.2) is 0 Å². The Hall–Kier alpha value is -1.05. The third-order valence-corrected chi connectivity index (χ3v) is 3.66. The summed E-state index contributed by atoms with van der Waals surface area (Å²) in [5, 5.41) is 8.68. The van der Waals surface area contributed by atoms with Gasteiger partial charge >= 0.3 is 0 Å². The van der Waals surface area contributed by atoms with Crippen LogP contribution in [-0.2, 0) is 0 Å².